The predicted molar refractivity (Wildman–Crippen MR) is 30.0 cm³/mol. The number of hydrogen-bond donors (Lipinski definition) is 2. The molecule has 0 radical (unpaired) electrons. The van der Waals surface area contributed by atoms with Crippen molar-refractivity contribution >= 4 is 0 Å². The summed E-state index contributed by atoms with van der Waals surface area (Å²) in [5.41, 5.74) is 5.10. The number of nitrogens with two attached hydrogens (primary N) is 1. The van der Waals surface area contributed by atoms with Crippen molar-refractivity contribution in [3.05, 3.63) is 0 Å². The summed E-state index contributed by atoms with van der Waals surface area (Å²) in [6.07, 6.45) is 0.823. The summed E-state index contributed by atoms with van der Waals surface area (Å²) in [4.78, 5) is 0. The molecular formula is C5H13NO. The van der Waals surface area contributed by atoms with Crippen molar-refractivity contribution < 1.29 is 5.11 Å². The highest BCUT2D eigenvalue weighted by Crippen LogP contribution is 2.00. The zero-order chi connectivity index (χ0) is 5.91. The molecule has 0 aliphatic rings. The van der Waals surface area contributed by atoms with Crippen LogP contribution in [0.15, 0.2) is 0 Å². The van der Waals surface area contributed by atoms with Crippen LogP contribution in [0.25, 0.3) is 0 Å². The van der Waals surface area contributed by atoms with Crippen LogP contribution in [0.4, 0.5) is 0 Å². The van der Waals surface area contributed by atoms with Gasteiger partial charge in [-0.05, 0) is 13.3 Å². The molecule has 0 aromatic rings. The van der Waals surface area contributed by atoms with E-state index < -0.39 is 0 Å². The number of hydrogen-bond acceptors (Lipinski definition) is 2. The summed E-state index contributed by atoms with van der Waals surface area (Å²) >= 11 is 0. The number of aliphatic hydroxyl groups excluding tert-OH is 1. The summed E-state index contributed by atoms with van der Waals surface area (Å²) in [5, 5.41) is 8.47. The Labute approximate surface area is 44.3 Å². The van der Waals surface area contributed by atoms with Gasteiger partial charge in [0.2, 0.25) is 0 Å². The van der Waals surface area contributed by atoms with Crippen LogP contribution in [-0.4, -0.2) is 17.3 Å². The van der Waals surface area contributed by atoms with Gasteiger partial charge in [-0.3, -0.25) is 0 Å². The van der Waals surface area contributed by atoms with Crippen molar-refractivity contribution in [2.24, 2.45) is 5.73 Å². The Bertz CT molecular complexity index is 46.0. The van der Waals surface area contributed by atoms with Gasteiger partial charge >= 0.3 is 0 Å². The number of aliphatic hydroxyl groups is 1. The molecule has 0 aliphatic carbocycles. The molecule has 0 saturated heterocycles. The molecule has 0 spiro atoms. The zero-order valence-corrected chi connectivity index (χ0v) is 4.94. The molecule has 44 valence electrons. The highest BCUT2D eigenvalue weighted by Gasteiger charge is 2.11. The first kappa shape index (κ1) is 6.92. The van der Waals surface area contributed by atoms with Crippen molar-refractivity contribution in [2.75, 3.05) is 6.61 Å². The minimum atomic E-state index is -0.361. The molecule has 3 N–H and O–H groups in total. The first-order valence-electron chi connectivity index (χ1n) is 2.52. The average Bonchev–Trinajstić information content (AvgIpc) is 1.68. The van der Waals surface area contributed by atoms with Crippen LogP contribution < -0.4 is 5.73 Å². The van der Waals surface area contributed by atoms with Gasteiger partial charge in [-0.1, -0.05) is 6.92 Å². The average molecular weight is 103 g/mol. The predicted octanol–water partition coefficient (Wildman–Crippen LogP) is 0.106. The Morgan fingerprint density at radius 3 is 2.14 bits per heavy atom. The first-order chi connectivity index (χ1) is 3.12. The molecule has 0 amide bonds. The molecule has 1 atom stereocenters. The standard InChI is InChI=1S/C5H13NO/c1-3-5(2,6)4-7/h7H,3-4,6H2,1-2H3/t5-/m1/s1. The molecule has 0 rings (SSSR count). The first-order valence-corrected chi connectivity index (χ1v) is 2.52. The molecule has 0 aromatic carbocycles. The van der Waals surface area contributed by atoms with E-state index in [1.165, 1.54) is 0 Å². The summed E-state index contributed by atoms with van der Waals surface area (Å²) in [7, 11) is 0. The summed E-state index contributed by atoms with van der Waals surface area (Å²) < 4.78 is 0. The third-order valence-electron chi connectivity index (χ3n) is 1.17. The molecule has 0 aromatic heterocycles. The minimum Gasteiger partial charge on any atom is -0.394 e. The fourth-order valence-corrected chi connectivity index (χ4v) is 0.112. The fourth-order valence-electron chi connectivity index (χ4n) is 0.112. The zero-order valence-electron chi connectivity index (χ0n) is 4.94. The maximum absolute atomic E-state index is 8.47. The van der Waals surface area contributed by atoms with E-state index in [1.54, 1.807) is 0 Å². The van der Waals surface area contributed by atoms with Gasteiger partial charge in [0.15, 0.2) is 0 Å². The van der Waals surface area contributed by atoms with Crippen molar-refractivity contribution in [1.82, 2.24) is 0 Å². The van der Waals surface area contributed by atoms with Crippen LogP contribution in [0.2, 0.25) is 0 Å². The second kappa shape index (κ2) is 2.28. The lowest BCUT2D eigenvalue weighted by Crippen LogP contribution is -2.38. The van der Waals surface area contributed by atoms with E-state index in [1.807, 2.05) is 13.8 Å². The highest BCUT2D eigenvalue weighted by molar-refractivity contribution is 4.73. The lowest BCUT2D eigenvalue weighted by Gasteiger charge is -2.17. The van der Waals surface area contributed by atoms with Gasteiger partial charge in [-0.15, -0.1) is 0 Å². The molecular weight excluding hydrogens is 90.1 g/mol. The van der Waals surface area contributed by atoms with E-state index in [0.29, 0.717) is 0 Å². The summed E-state index contributed by atoms with van der Waals surface area (Å²) in [6, 6.07) is 0. The van der Waals surface area contributed by atoms with Gasteiger partial charge in [0.1, 0.15) is 0 Å². The minimum absolute atomic E-state index is 0.0729. The molecule has 0 heterocycles. The molecule has 2 nitrogen and oxygen atoms in total. The van der Waals surface area contributed by atoms with Gasteiger partial charge in [-0.25, -0.2) is 0 Å². The van der Waals surface area contributed by atoms with E-state index in [4.69, 9.17) is 10.8 Å². The molecule has 0 saturated carbocycles. The highest BCUT2D eigenvalue weighted by atomic mass is 16.3. The van der Waals surface area contributed by atoms with Crippen LogP contribution in [0.1, 0.15) is 20.3 Å². The Balaban J connectivity index is 3.36. The lowest BCUT2D eigenvalue weighted by molar-refractivity contribution is 0.205. The normalized spacial score (nSPS) is 18.9. The van der Waals surface area contributed by atoms with Crippen LogP contribution in [0, 0.1) is 0 Å². The van der Waals surface area contributed by atoms with E-state index in [0.717, 1.165) is 6.42 Å². The van der Waals surface area contributed by atoms with Gasteiger partial charge in [-0.2, -0.15) is 0 Å². The van der Waals surface area contributed by atoms with Gasteiger partial charge in [0, 0.05) is 5.54 Å². The number of rotatable bonds is 2. The SMILES string of the molecule is CC[C@@](C)(N)CO. The van der Waals surface area contributed by atoms with Crippen molar-refractivity contribution in [3.8, 4) is 0 Å². The monoisotopic (exact) mass is 103 g/mol. The third-order valence-corrected chi connectivity index (χ3v) is 1.17. The topological polar surface area (TPSA) is 46.2 Å². The van der Waals surface area contributed by atoms with E-state index in [9.17, 15) is 0 Å². The van der Waals surface area contributed by atoms with Gasteiger partial charge in [0.25, 0.3) is 0 Å². The van der Waals surface area contributed by atoms with Crippen molar-refractivity contribution in [1.29, 1.82) is 0 Å². The lowest BCUT2D eigenvalue weighted by atomic mass is 10.0. The van der Waals surface area contributed by atoms with Gasteiger partial charge in [0.05, 0.1) is 6.61 Å². The molecule has 2 heteroatoms. The molecule has 0 unspecified atom stereocenters. The van der Waals surface area contributed by atoms with Crippen LogP contribution in [-0.2, 0) is 0 Å². The Kier molecular flexibility index (Phi) is 2.26. The van der Waals surface area contributed by atoms with Crippen LogP contribution in [0.5, 0.6) is 0 Å². The Hall–Kier alpha value is -0.0800. The van der Waals surface area contributed by atoms with E-state index in [2.05, 4.69) is 0 Å². The summed E-state index contributed by atoms with van der Waals surface area (Å²) in [5.74, 6) is 0. The second-order valence-corrected chi connectivity index (χ2v) is 2.17. The van der Waals surface area contributed by atoms with E-state index in [-0.39, 0.29) is 12.1 Å². The Morgan fingerprint density at radius 2 is 2.14 bits per heavy atom. The van der Waals surface area contributed by atoms with Crippen molar-refractivity contribution in [3.63, 3.8) is 0 Å². The molecule has 0 bridgehead atoms. The smallest absolute Gasteiger partial charge is 0.0608 e. The molecule has 0 fully saturated rings. The quantitative estimate of drug-likeness (QED) is 0.521. The molecule has 0 aliphatic heterocycles. The van der Waals surface area contributed by atoms with Crippen LogP contribution >= 0.6 is 0 Å². The maximum atomic E-state index is 8.47. The van der Waals surface area contributed by atoms with Gasteiger partial charge < -0.3 is 10.8 Å². The van der Waals surface area contributed by atoms with Crippen molar-refractivity contribution in [2.45, 2.75) is 25.8 Å². The largest absolute Gasteiger partial charge is 0.394 e. The van der Waals surface area contributed by atoms with E-state index >= 15 is 0 Å². The Morgan fingerprint density at radius 1 is 1.71 bits per heavy atom. The second-order valence-electron chi connectivity index (χ2n) is 2.17. The maximum Gasteiger partial charge on any atom is 0.0608 e. The summed E-state index contributed by atoms with van der Waals surface area (Å²) in [6.45, 7) is 3.85. The molecule has 7 heavy (non-hydrogen) atoms. The third kappa shape index (κ3) is 2.60. The van der Waals surface area contributed by atoms with Crippen LogP contribution in [0.3, 0.4) is 0 Å². The fraction of sp³-hybridized carbons (Fsp3) is 1.00.